The first-order valence-corrected chi connectivity index (χ1v) is 11.0. The van der Waals surface area contributed by atoms with Crippen molar-refractivity contribution < 1.29 is 19.5 Å². The fourth-order valence-corrected chi connectivity index (χ4v) is 3.57. The quantitative estimate of drug-likeness (QED) is 0.321. The molecule has 2 aromatic heterocycles. The van der Waals surface area contributed by atoms with E-state index in [1.54, 1.807) is 51.2 Å². The van der Waals surface area contributed by atoms with Gasteiger partial charge in [0.2, 0.25) is 5.95 Å². The van der Waals surface area contributed by atoms with Crippen LogP contribution in [0, 0.1) is 5.41 Å². The van der Waals surface area contributed by atoms with Crippen LogP contribution in [-0.4, -0.2) is 43.8 Å². The van der Waals surface area contributed by atoms with Crippen molar-refractivity contribution in [1.29, 1.82) is 0 Å². The van der Waals surface area contributed by atoms with E-state index in [1.807, 2.05) is 0 Å². The molecule has 1 amide bonds. The number of nitrogens with one attached hydrogen (secondary N) is 3. The number of carboxylic acids is 1. The molecule has 3 aromatic rings. The van der Waals surface area contributed by atoms with Gasteiger partial charge in [0.25, 0.3) is 11.5 Å². The monoisotopic (exact) mass is 467 g/mol. The van der Waals surface area contributed by atoms with E-state index < -0.39 is 23.3 Å². The van der Waals surface area contributed by atoms with Crippen LogP contribution in [0.2, 0.25) is 0 Å². The highest BCUT2D eigenvalue weighted by atomic mass is 16.4. The smallest absolute Gasteiger partial charge is 0.326 e. The first-order chi connectivity index (χ1) is 16.0. The minimum Gasteiger partial charge on any atom is -0.480 e. The third-order valence-corrected chi connectivity index (χ3v) is 5.64. The number of hydrogen-bond acceptors (Lipinski definition) is 6. The second kappa shape index (κ2) is 9.90. The number of aryl methyl sites for hydroxylation is 2. The summed E-state index contributed by atoms with van der Waals surface area (Å²) in [5.41, 5.74) is 7.20. The number of anilines is 1. The average Bonchev–Trinajstić information content (AvgIpc) is 3.17. The Balaban J connectivity index is 1.61. The number of H-pyrrole nitrogens is 2. The largest absolute Gasteiger partial charge is 0.480 e. The Hall–Kier alpha value is -3.95. The number of hydrogen-bond donors (Lipinski definition) is 5. The van der Waals surface area contributed by atoms with E-state index in [9.17, 15) is 24.3 Å². The number of ketones is 1. The maximum Gasteiger partial charge on any atom is 0.326 e. The number of aliphatic carboxylic acids is 1. The van der Waals surface area contributed by atoms with E-state index in [-0.39, 0.29) is 30.1 Å². The number of nitrogens with zero attached hydrogens (tertiary/aromatic N) is 1. The number of benzene rings is 1. The lowest BCUT2D eigenvalue weighted by atomic mass is 9.87. The second-order valence-electron chi connectivity index (χ2n) is 9.26. The molecular weight excluding hydrogens is 438 g/mol. The van der Waals surface area contributed by atoms with Crippen LogP contribution in [0.25, 0.3) is 11.0 Å². The number of Topliss-reactive ketones (excluding diaryl/α,β-unsaturated/α-hetero) is 1. The van der Waals surface area contributed by atoms with E-state index in [4.69, 9.17) is 5.73 Å². The van der Waals surface area contributed by atoms with Gasteiger partial charge in [0.15, 0.2) is 0 Å². The molecule has 2 heterocycles. The zero-order valence-corrected chi connectivity index (χ0v) is 19.4. The van der Waals surface area contributed by atoms with Gasteiger partial charge in [-0.25, -0.2) is 4.79 Å². The molecule has 0 saturated carbocycles. The van der Waals surface area contributed by atoms with Gasteiger partial charge in [-0.2, -0.15) is 4.98 Å². The van der Waals surface area contributed by atoms with Crippen molar-refractivity contribution in [2.75, 3.05) is 5.73 Å². The minimum absolute atomic E-state index is 0.0273. The number of rotatable bonds is 9. The number of aromatic nitrogens is 3. The molecule has 0 spiro atoms. The molecule has 0 radical (unpaired) electrons. The van der Waals surface area contributed by atoms with Crippen molar-refractivity contribution in [3.05, 3.63) is 57.5 Å². The molecule has 34 heavy (non-hydrogen) atoms. The summed E-state index contributed by atoms with van der Waals surface area (Å²) >= 11 is 0. The number of carbonyl (C=O) groups excluding carboxylic acids is 2. The summed E-state index contributed by atoms with van der Waals surface area (Å²) in [6.45, 7) is 5.32. The first-order valence-electron chi connectivity index (χ1n) is 11.0. The Bertz CT molecular complexity index is 1270. The molecule has 0 bridgehead atoms. The Morgan fingerprint density at radius 1 is 1.15 bits per heavy atom. The van der Waals surface area contributed by atoms with Gasteiger partial charge in [0.1, 0.15) is 17.5 Å². The summed E-state index contributed by atoms with van der Waals surface area (Å²) < 4.78 is 0. The van der Waals surface area contributed by atoms with Gasteiger partial charge in [-0.1, -0.05) is 32.9 Å². The number of fused-ring (bicyclic) bond motifs is 1. The van der Waals surface area contributed by atoms with Gasteiger partial charge in [-0.3, -0.25) is 19.4 Å². The summed E-state index contributed by atoms with van der Waals surface area (Å²) in [5.74, 6) is -1.72. The highest BCUT2D eigenvalue weighted by Gasteiger charge is 2.26. The van der Waals surface area contributed by atoms with E-state index in [2.05, 4.69) is 20.3 Å². The number of nitrogen functional groups attached to an aromatic ring is 1. The van der Waals surface area contributed by atoms with E-state index in [1.165, 1.54) is 0 Å². The highest BCUT2D eigenvalue weighted by molar-refractivity contribution is 5.96. The lowest BCUT2D eigenvalue weighted by Crippen LogP contribution is -2.41. The third kappa shape index (κ3) is 5.89. The van der Waals surface area contributed by atoms with Crippen LogP contribution in [0.3, 0.4) is 0 Å². The summed E-state index contributed by atoms with van der Waals surface area (Å²) in [5, 5.41) is 12.4. The number of carboxylic acid groups (broad SMARTS) is 1. The van der Waals surface area contributed by atoms with Crippen LogP contribution < -0.4 is 16.6 Å². The number of aromatic amines is 2. The molecule has 0 aliphatic rings. The maximum atomic E-state index is 12.5. The van der Waals surface area contributed by atoms with E-state index in [0.29, 0.717) is 29.4 Å². The molecule has 1 aromatic carbocycles. The highest BCUT2D eigenvalue weighted by Crippen LogP contribution is 2.19. The molecule has 3 rings (SSSR count). The van der Waals surface area contributed by atoms with Crippen molar-refractivity contribution >= 4 is 34.6 Å². The molecular formula is C24H29N5O5. The van der Waals surface area contributed by atoms with Gasteiger partial charge >= 0.3 is 5.97 Å². The number of amides is 1. The number of carbonyl (C=O) groups is 3. The average molecular weight is 468 g/mol. The lowest BCUT2D eigenvalue weighted by molar-refractivity contribution is -0.139. The second-order valence-corrected chi connectivity index (χ2v) is 9.26. The van der Waals surface area contributed by atoms with Crippen molar-refractivity contribution in [2.45, 2.75) is 52.5 Å². The zero-order chi connectivity index (χ0) is 25.0. The molecule has 6 N–H and O–H groups in total. The fraction of sp³-hybridized carbons (Fsp3) is 0.375. The molecule has 10 nitrogen and oxygen atoms in total. The fourth-order valence-electron chi connectivity index (χ4n) is 3.57. The molecule has 0 aliphatic carbocycles. The van der Waals surface area contributed by atoms with Crippen molar-refractivity contribution in [2.24, 2.45) is 5.41 Å². The van der Waals surface area contributed by atoms with E-state index >= 15 is 0 Å². The first kappa shape index (κ1) is 24.7. The predicted octanol–water partition coefficient (Wildman–Crippen LogP) is 2.20. The molecule has 0 fully saturated rings. The molecule has 0 aliphatic heterocycles. The summed E-state index contributed by atoms with van der Waals surface area (Å²) in [6, 6.07) is 5.65. The standard InChI is InChI=1S/C24H29N5O5/c1-24(2,3)17(30)11-10-16(22(33)34)27-20(31)14-7-4-13(5-8-14)6-9-15-12-26-19-18(15)21(32)29-23(25)28-19/h4-5,7-8,12,16H,6,9-11H2,1-3H3,(H,27,31)(H,33,34)(H4,25,26,28,29,32)/t16-/m0/s1. The SMILES string of the molecule is CC(C)(C)C(=O)CC[C@H](NC(=O)c1ccc(CCc2c[nH]c3nc(N)[nH]c(=O)c23)cc1)C(=O)O. The summed E-state index contributed by atoms with van der Waals surface area (Å²) in [6.07, 6.45) is 3.01. The number of nitrogens with two attached hydrogens (primary N) is 1. The third-order valence-electron chi connectivity index (χ3n) is 5.64. The summed E-state index contributed by atoms with van der Waals surface area (Å²) in [4.78, 5) is 57.9. The normalized spacial score (nSPS) is 12.4. The van der Waals surface area contributed by atoms with Gasteiger partial charge in [-0.05, 0) is 42.5 Å². The Kier molecular flexibility index (Phi) is 7.19. The van der Waals surface area contributed by atoms with Crippen LogP contribution in [0.5, 0.6) is 0 Å². The molecule has 1 atom stereocenters. The lowest BCUT2D eigenvalue weighted by Gasteiger charge is -2.19. The molecule has 180 valence electrons. The van der Waals surface area contributed by atoms with Gasteiger partial charge in [0.05, 0.1) is 5.39 Å². The Morgan fingerprint density at radius 3 is 2.44 bits per heavy atom. The van der Waals surface area contributed by atoms with Crippen LogP contribution in [-0.2, 0) is 22.4 Å². The topological polar surface area (TPSA) is 171 Å². The zero-order valence-electron chi connectivity index (χ0n) is 19.4. The van der Waals surface area contributed by atoms with Gasteiger partial charge < -0.3 is 21.1 Å². The van der Waals surface area contributed by atoms with Crippen LogP contribution in [0.15, 0.2) is 35.3 Å². The van der Waals surface area contributed by atoms with Crippen LogP contribution >= 0.6 is 0 Å². The predicted molar refractivity (Wildman–Crippen MR) is 128 cm³/mol. The minimum atomic E-state index is -1.18. The van der Waals surface area contributed by atoms with E-state index in [0.717, 1.165) is 11.1 Å². The van der Waals surface area contributed by atoms with Crippen LogP contribution in [0.4, 0.5) is 5.95 Å². The van der Waals surface area contributed by atoms with Gasteiger partial charge in [0, 0.05) is 23.6 Å². The van der Waals surface area contributed by atoms with Crippen molar-refractivity contribution in [3.8, 4) is 0 Å². The van der Waals surface area contributed by atoms with Crippen molar-refractivity contribution in [1.82, 2.24) is 20.3 Å². The van der Waals surface area contributed by atoms with Gasteiger partial charge in [-0.15, -0.1) is 0 Å². The van der Waals surface area contributed by atoms with Crippen molar-refractivity contribution in [3.63, 3.8) is 0 Å². The molecule has 0 saturated heterocycles. The van der Waals surface area contributed by atoms with Crippen LogP contribution in [0.1, 0.15) is 55.1 Å². The molecule has 10 heteroatoms. The molecule has 0 unspecified atom stereocenters. The summed E-state index contributed by atoms with van der Waals surface area (Å²) in [7, 11) is 0. The maximum absolute atomic E-state index is 12.5. The Labute approximate surface area is 196 Å². The Morgan fingerprint density at radius 2 is 1.82 bits per heavy atom.